The Morgan fingerprint density at radius 2 is 1.12 bits per heavy atom. The zero-order valence-electron chi connectivity index (χ0n) is 26.2. The third-order valence-electron chi connectivity index (χ3n) is 8.23. The highest BCUT2D eigenvalue weighted by Gasteiger charge is 2.55. The number of rotatable bonds is 13. The van der Waals surface area contributed by atoms with Crippen LogP contribution in [0.4, 0.5) is 0 Å². The van der Waals surface area contributed by atoms with Crippen LogP contribution in [0, 0.1) is 0 Å². The van der Waals surface area contributed by atoms with E-state index in [2.05, 4.69) is 0 Å². The Hall–Kier alpha value is -3.94. The average molecular weight is 693 g/mol. The SMILES string of the molecule is COc1cc(/C=C/C(=O)CC(=O)/C=C/c2ccc(O)c(OC(C3O[C@H](CO)[C@H](O)[C@H](O)[C@H]3O)C3O[C@H](CO)[C@H](O)[C@H](O)[C@H]3O)c2)ccc1O. The van der Waals surface area contributed by atoms with Gasteiger partial charge in [-0.3, -0.25) is 9.59 Å². The van der Waals surface area contributed by atoms with Crippen LogP contribution in [0.25, 0.3) is 12.2 Å². The highest BCUT2D eigenvalue weighted by atomic mass is 16.6. The Morgan fingerprint density at radius 1 is 0.694 bits per heavy atom. The first-order valence-corrected chi connectivity index (χ1v) is 15.2. The first-order valence-electron chi connectivity index (χ1n) is 15.2. The number of allylic oxidation sites excluding steroid dienone is 2. The number of ketones is 2. The van der Waals surface area contributed by atoms with Crippen LogP contribution in [0.3, 0.4) is 0 Å². The summed E-state index contributed by atoms with van der Waals surface area (Å²) >= 11 is 0. The van der Waals surface area contributed by atoms with Gasteiger partial charge in [0.1, 0.15) is 61.0 Å². The average Bonchev–Trinajstić information content (AvgIpc) is 3.09. The van der Waals surface area contributed by atoms with Crippen molar-refractivity contribution >= 4 is 23.7 Å². The molecular formula is C33H40O16. The Bertz CT molecular complexity index is 1470. The number of hydrogen-bond acceptors (Lipinski definition) is 16. The van der Waals surface area contributed by atoms with Crippen molar-refractivity contribution in [1.82, 2.24) is 0 Å². The van der Waals surface area contributed by atoms with E-state index in [1.807, 2.05) is 0 Å². The number of aliphatic hydroxyl groups is 8. The van der Waals surface area contributed by atoms with Crippen LogP contribution < -0.4 is 9.47 Å². The number of hydrogen-bond donors (Lipinski definition) is 10. The molecule has 2 saturated heterocycles. The molecule has 2 aliphatic heterocycles. The maximum Gasteiger partial charge on any atom is 0.163 e. The summed E-state index contributed by atoms with van der Waals surface area (Å²) in [5, 5.41) is 103. The number of carbonyl (C=O) groups excluding carboxylic acids is 2. The molecule has 0 saturated carbocycles. The minimum atomic E-state index is -1.93. The molecule has 16 nitrogen and oxygen atoms in total. The Labute approximate surface area is 279 Å². The van der Waals surface area contributed by atoms with Crippen molar-refractivity contribution in [2.24, 2.45) is 0 Å². The molecule has 2 fully saturated rings. The van der Waals surface area contributed by atoms with E-state index in [9.17, 15) is 60.7 Å². The Morgan fingerprint density at radius 3 is 1.55 bits per heavy atom. The lowest BCUT2D eigenvalue weighted by molar-refractivity contribution is -0.288. The molecule has 0 bridgehead atoms. The van der Waals surface area contributed by atoms with E-state index < -0.39 is 104 Å². The predicted octanol–water partition coefficient (Wildman–Crippen LogP) is -2.21. The fraction of sp³-hybridized carbons (Fsp3) is 0.455. The maximum absolute atomic E-state index is 12.5. The van der Waals surface area contributed by atoms with Crippen LogP contribution in [-0.2, 0) is 19.1 Å². The van der Waals surface area contributed by atoms with Gasteiger partial charge in [0.05, 0.1) is 26.7 Å². The standard InChI is InChI=1S/C33H40O16/c1-46-21-10-15(4-8-19(21)38)2-6-17(36)12-18(37)7-3-16-5-9-20(39)22(11-16)47-33(31-29(44)27(42)25(40)23(13-34)48-31)32-30(45)28(43)26(41)24(14-35)49-32/h2-11,23-35,38-45H,12-14H2,1H3/b6-2+,7-3+/t23-,24-,25+,26+,27+,28+,29-,30-,31?,32?,33?/m1/s1. The maximum atomic E-state index is 12.5. The molecule has 16 heteroatoms. The molecule has 2 unspecified atom stereocenters. The van der Waals surface area contributed by atoms with Gasteiger partial charge in [-0.1, -0.05) is 24.3 Å². The number of aromatic hydroxyl groups is 2. The van der Waals surface area contributed by atoms with Gasteiger partial charge in [-0.15, -0.1) is 0 Å². The molecule has 0 radical (unpaired) electrons. The lowest BCUT2D eigenvalue weighted by Crippen LogP contribution is -2.69. The number of phenols is 2. The predicted molar refractivity (Wildman–Crippen MR) is 167 cm³/mol. The fourth-order valence-electron chi connectivity index (χ4n) is 5.47. The first-order chi connectivity index (χ1) is 23.3. The third-order valence-corrected chi connectivity index (χ3v) is 8.23. The summed E-state index contributed by atoms with van der Waals surface area (Å²) in [6.45, 7) is -1.63. The summed E-state index contributed by atoms with van der Waals surface area (Å²) in [7, 11) is 1.38. The smallest absolute Gasteiger partial charge is 0.163 e. The summed E-state index contributed by atoms with van der Waals surface area (Å²) in [5.41, 5.74) is 0.815. The normalized spacial score (nSPS) is 31.1. The Balaban J connectivity index is 1.55. The Kier molecular flexibility index (Phi) is 12.9. The van der Waals surface area contributed by atoms with Crippen molar-refractivity contribution in [3.8, 4) is 23.0 Å². The number of aliphatic hydroxyl groups excluding tert-OH is 8. The number of phenolic OH excluding ortho intramolecular Hbond substituents is 2. The van der Waals surface area contributed by atoms with Crippen LogP contribution >= 0.6 is 0 Å². The van der Waals surface area contributed by atoms with Gasteiger partial charge in [0.15, 0.2) is 40.7 Å². The summed E-state index contributed by atoms with van der Waals surface area (Å²) < 4.78 is 22.2. The van der Waals surface area contributed by atoms with Crippen molar-refractivity contribution < 1.29 is 79.6 Å². The molecule has 10 N–H and O–H groups in total. The number of benzene rings is 2. The highest BCUT2D eigenvalue weighted by molar-refractivity contribution is 6.10. The van der Waals surface area contributed by atoms with Gasteiger partial charge < -0.3 is 70.0 Å². The van der Waals surface area contributed by atoms with Gasteiger partial charge >= 0.3 is 0 Å². The highest BCUT2D eigenvalue weighted by Crippen LogP contribution is 2.36. The van der Waals surface area contributed by atoms with Gasteiger partial charge in [0, 0.05) is 0 Å². The molecular weight excluding hydrogens is 652 g/mol. The molecule has 4 rings (SSSR count). The van der Waals surface area contributed by atoms with E-state index in [-0.39, 0.29) is 22.8 Å². The summed E-state index contributed by atoms with van der Waals surface area (Å²) in [5.74, 6) is -1.79. The summed E-state index contributed by atoms with van der Waals surface area (Å²) in [6, 6.07) is 8.25. The second kappa shape index (κ2) is 16.6. The quantitative estimate of drug-likeness (QED) is 0.0787. The number of ether oxygens (including phenoxy) is 4. The van der Waals surface area contributed by atoms with Crippen LogP contribution in [0.2, 0.25) is 0 Å². The largest absolute Gasteiger partial charge is 0.504 e. The van der Waals surface area contributed by atoms with E-state index in [1.165, 1.54) is 55.7 Å². The molecule has 0 aromatic heterocycles. The zero-order valence-corrected chi connectivity index (χ0v) is 26.2. The number of carbonyl (C=O) groups is 2. The monoisotopic (exact) mass is 692 g/mol. The van der Waals surface area contributed by atoms with Crippen LogP contribution in [0.5, 0.6) is 23.0 Å². The zero-order chi connectivity index (χ0) is 36.0. The fourth-order valence-corrected chi connectivity index (χ4v) is 5.47. The minimum absolute atomic E-state index is 0.0765. The van der Waals surface area contributed by atoms with E-state index in [1.54, 1.807) is 6.07 Å². The van der Waals surface area contributed by atoms with E-state index in [0.717, 1.165) is 6.08 Å². The van der Waals surface area contributed by atoms with E-state index in [0.29, 0.717) is 5.56 Å². The van der Waals surface area contributed by atoms with E-state index in [4.69, 9.17) is 18.9 Å². The summed E-state index contributed by atoms with van der Waals surface area (Å²) in [6.07, 6.45) is -14.5. The van der Waals surface area contributed by atoms with E-state index >= 15 is 0 Å². The van der Waals surface area contributed by atoms with Crippen molar-refractivity contribution in [2.75, 3.05) is 20.3 Å². The molecule has 268 valence electrons. The minimum Gasteiger partial charge on any atom is -0.504 e. The molecule has 0 spiro atoms. The van der Waals surface area contributed by atoms with Crippen molar-refractivity contribution in [1.29, 1.82) is 0 Å². The molecule has 49 heavy (non-hydrogen) atoms. The molecule has 2 aromatic carbocycles. The number of methoxy groups -OCH3 is 1. The molecule has 2 aromatic rings. The molecule has 0 amide bonds. The summed E-state index contributed by atoms with van der Waals surface area (Å²) in [4.78, 5) is 24.9. The van der Waals surface area contributed by atoms with Crippen molar-refractivity contribution in [3.63, 3.8) is 0 Å². The van der Waals surface area contributed by atoms with Gasteiger partial charge in [-0.05, 0) is 47.5 Å². The first kappa shape index (κ1) is 37.9. The molecule has 2 heterocycles. The van der Waals surface area contributed by atoms with Crippen LogP contribution in [0.15, 0.2) is 48.6 Å². The second-order valence-electron chi connectivity index (χ2n) is 11.6. The lowest BCUT2D eigenvalue weighted by Gasteiger charge is -2.48. The second-order valence-corrected chi connectivity index (χ2v) is 11.6. The topological polar surface area (TPSA) is 273 Å². The van der Waals surface area contributed by atoms with Gasteiger partial charge in [-0.25, -0.2) is 0 Å². The lowest BCUT2D eigenvalue weighted by atomic mass is 9.85. The van der Waals surface area contributed by atoms with Gasteiger partial charge in [-0.2, -0.15) is 0 Å². The molecule has 0 aliphatic carbocycles. The van der Waals surface area contributed by atoms with Gasteiger partial charge in [0.25, 0.3) is 0 Å². The van der Waals surface area contributed by atoms with Crippen molar-refractivity contribution in [3.05, 3.63) is 59.7 Å². The van der Waals surface area contributed by atoms with Crippen molar-refractivity contribution in [2.45, 2.75) is 73.6 Å². The molecule has 10 atom stereocenters. The molecule has 2 aliphatic rings. The van der Waals surface area contributed by atoms with Crippen LogP contribution in [0.1, 0.15) is 17.5 Å². The van der Waals surface area contributed by atoms with Crippen LogP contribution in [-0.4, -0.2) is 150 Å². The third kappa shape index (κ3) is 8.81. The van der Waals surface area contributed by atoms with Gasteiger partial charge in [0.2, 0.25) is 0 Å².